The Kier molecular flexibility index (Phi) is 5.38. The Bertz CT molecular complexity index is 908. The molecule has 2 aromatic rings. The maximum Gasteiger partial charge on any atom is 0.290 e. The highest BCUT2D eigenvalue weighted by atomic mass is 32.2. The molecule has 0 bridgehead atoms. The van der Waals surface area contributed by atoms with Gasteiger partial charge in [0.25, 0.3) is 17.1 Å². The van der Waals surface area contributed by atoms with E-state index in [0.29, 0.717) is 17.0 Å². The van der Waals surface area contributed by atoms with Gasteiger partial charge in [0.1, 0.15) is 5.75 Å². The van der Waals surface area contributed by atoms with E-state index in [-0.39, 0.29) is 17.4 Å². The molecule has 0 unspecified atom stereocenters. The van der Waals surface area contributed by atoms with Crippen LogP contribution in [0.4, 0.5) is 10.5 Å². The van der Waals surface area contributed by atoms with Crippen molar-refractivity contribution in [3.05, 3.63) is 64.6 Å². The molecule has 2 aromatic carbocycles. The minimum atomic E-state index is -0.438. The first-order chi connectivity index (χ1) is 12.5. The zero-order valence-corrected chi connectivity index (χ0v) is 14.8. The summed E-state index contributed by atoms with van der Waals surface area (Å²) in [5.41, 5.74) is 2.36. The van der Waals surface area contributed by atoms with Gasteiger partial charge in [-0.25, -0.2) is 0 Å². The van der Waals surface area contributed by atoms with Gasteiger partial charge in [-0.1, -0.05) is 30.3 Å². The van der Waals surface area contributed by atoms with Gasteiger partial charge in [-0.2, -0.15) is 0 Å². The Morgan fingerprint density at radius 3 is 2.73 bits per heavy atom. The van der Waals surface area contributed by atoms with Crippen LogP contribution in [0, 0.1) is 6.92 Å². The average Bonchev–Trinajstić information content (AvgIpc) is 2.91. The summed E-state index contributed by atoms with van der Waals surface area (Å²) in [7, 11) is 0. The summed E-state index contributed by atoms with van der Waals surface area (Å²) in [6.07, 6.45) is 1.57. The Hall–Kier alpha value is -3.06. The van der Waals surface area contributed by atoms with Crippen LogP contribution in [0.3, 0.4) is 0 Å². The number of para-hydroxylation sites is 1. The van der Waals surface area contributed by atoms with Crippen LogP contribution in [0.25, 0.3) is 6.08 Å². The molecule has 0 atom stereocenters. The van der Waals surface area contributed by atoms with E-state index in [1.807, 2.05) is 25.1 Å². The zero-order chi connectivity index (χ0) is 18.5. The van der Waals surface area contributed by atoms with E-state index in [2.05, 4.69) is 10.6 Å². The van der Waals surface area contributed by atoms with Crippen molar-refractivity contribution in [2.75, 3.05) is 11.9 Å². The van der Waals surface area contributed by atoms with Crippen molar-refractivity contribution in [3.8, 4) is 5.75 Å². The Balaban J connectivity index is 1.67. The predicted octanol–water partition coefficient (Wildman–Crippen LogP) is 3.34. The Morgan fingerprint density at radius 1 is 1.19 bits per heavy atom. The monoisotopic (exact) mass is 368 g/mol. The molecule has 6 nitrogen and oxygen atoms in total. The summed E-state index contributed by atoms with van der Waals surface area (Å²) in [6, 6.07) is 14.5. The van der Waals surface area contributed by atoms with Crippen molar-refractivity contribution in [1.82, 2.24) is 5.32 Å². The van der Waals surface area contributed by atoms with Crippen molar-refractivity contribution in [3.63, 3.8) is 0 Å². The molecule has 26 heavy (non-hydrogen) atoms. The van der Waals surface area contributed by atoms with E-state index in [1.54, 1.807) is 36.4 Å². The molecule has 7 heteroatoms. The van der Waals surface area contributed by atoms with E-state index in [4.69, 9.17) is 4.74 Å². The van der Waals surface area contributed by atoms with Gasteiger partial charge in [0.2, 0.25) is 0 Å². The van der Waals surface area contributed by atoms with Crippen molar-refractivity contribution in [2.24, 2.45) is 0 Å². The number of nitrogens with one attached hydrogen (secondary N) is 2. The first-order valence-corrected chi connectivity index (χ1v) is 8.66. The van der Waals surface area contributed by atoms with Gasteiger partial charge in [0.15, 0.2) is 6.61 Å². The van der Waals surface area contributed by atoms with E-state index >= 15 is 0 Å². The van der Waals surface area contributed by atoms with Crippen LogP contribution >= 0.6 is 11.8 Å². The van der Waals surface area contributed by atoms with Crippen LogP contribution in [0.1, 0.15) is 11.1 Å². The second-order valence-corrected chi connectivity index (χ2v) is 6.61. The van der Waals surface area contributed by atoms with Crippen molar-refractivity contribution in [1.29, 1.82) is 0 Å². The number of hydrogen-bond donors (Lipinski definition) is 2. The minimum Gasteiger partial charge on any atom is -0.483 e. The minimum absolute atomic E-state index is 0.174. The number of anilines is 1. The van der Waals surface area contributed by atoms with Gasteiger partial charge >= 0.3 is 0 Å². The van der Waals surface area contributed by atoms with Crippen LogP contribution in [0.2, 0.25) is 0 Å². The van der Waals surface area contributed by atoms with Crippen LogP contribution in [-0.4, -0.2) is 23.7 Å². The lowest BCUT2D eigenvalue weighted by molar-refractivity contribution is -0.118. The number of benzene rings is 2. The van der Waals surface area contributed by atoms with Crippen LogP contribution in [0.15, 0.2) is 53.4 Å². The molecule has 1 saturated heterocycles. The van der Waals surface area contributed by atoms with Crippen molar-refractivity contribution >= 4 is 40.6 Å². The first-order valence-electron chi connectivity index (χ1n) is 7.84. The van der Waals surface area contributed by atoms with Crippen molar-refractivity contribution in [2.45, 2.75) is 6.92 Å². The molecule has 0 spiro atoms. The number of carbonyl (C=O) groups excluding carboxylic acids is 3. The highest BCUT2D eigenvalue weighted by Crippen LogP contribution is 2.29. The van der Waals surface area contributed by atoms with Gasteiger partial charge < -0.3 is 10.1 Å². The SMILES string of the molecule is Cc1cccc(NC(=O)COc2ccccc2/C=C2\SC(=O)NC2=O)c1. The van der Waals surface area contributed by atoms with E-state index in [9.17, 15) is 14.4 Å². The maximum atomic E-state index is 12.1. The molecule has 1 aliphatic heterocycles. The summed E-state index contributed by atoms with van der Waals surface area (Å²) in [4.78, 5) is 35.3. The molecule has 3 amide bonds. The topological polar surface area (TPSA) is 84.5 Å². The first kappa shape index (κ1) is 17.8. The lowest BCUT2D eigenvalue weighted by Crippen LogP contribution is -2.20. The van der Waals surface area contributed by atoms with Gasteiger partial charge in [0, 0.05) is 11.3 Å². The highest BCUT2D eigenvalue weighted by molar-refractivity contribution is 8.18. The molecular weight excluding hydrogens is 352 g/mol. The summed E-state index contributed by atoms with van der Waals surface area (Å²) < 4.78 is 5.59. The van der Waals surface area contributed by atoms with Crippen LogP contribution < -0.4 is 15.4 Å². The number of imide groups is 1. The Morgan fingerprint density at radius 2 is 2.00 bits per heavy atom. The third kappa shape index (κ3) is 4.52. The van der Waals surface area contributed by atoms with Crippen LogP contribution in [0.5, 0.6) is 5.75 Å². The predicted molar refractivity (Wildman–Crippen MR) is 101 cm³/mol. The fourth-order valence-electron chi connectivity index (χ4n) is 2.36. The molecule has 2 N–H and O–H groups in total. The number of rotatable bonds is 5. The quantitative estimate of drug-likeness (QED) is 0.791. The molecule has 1 heterocycles. The van der Waals surface area contributed by atoms with Gasteiger partial charge in [-0.15, -0.1) is 0 Å². The number of aryl methyl sites for hydroxylation is 1. The van der Waals surface area contributed by atoms with Gasteiger partial charge in [-0.05, 0) is 48.5 Å². The zero-order valence-electron chi connectivity index (χ0n) is 13.9. The third-order valence-electron chi connectivity index (χ3n) is 3.51. The standard InChI is InChI=1S/C19H16N2O4S/c1-12-5-4-7-14(9-12)20-17(22)11-25-15-8-3-2-6-13(15)10-16-18(23)21-19(24)26-16/h2-10H,11H2,1H3,(H,20,22)(H,21,23,24)/b16-10-. The van der Waals surface area contributed by atoms with Crippen LogP contribution in [-0.2, 0) is 9.59 Å². The van der Waals surface area contributed by atoms with E-state index in [0.717, 1.165) is 17.3 Å². The number of amides is 3. The third-order valence-corrected chi connectivity index (χ3v) is 4.32. The highest BCUT2D eigenvalue weighted by Gasteiger charge is 2.25. The van der Waals surface area contributed by atoms with Crippen molar-refractivity contribution < 1.29 is 19.1 Å². The Labute approximate surface area is 154 Å². The fourth-order valence-corrected chi connectivity index (χ4v) is 3.03. The number of carbonyl (C=O) groups is 3. The molecule has 0 aromatic heterocycles. The number of thioether (sulfide) groups is 1. The van der Waals surface area contributed by atoms with Gasteiger partial charge in [0.05, 0.1) is 4.91 Å². The summed E-state index contributed by atoms with van der Waals surface area (Å²) in [5, 5.41) is 4.56. The number of ether oxygens (including phenoxy) is 1. The largest absolute Gasteiger partial charge is 0.483 e. The van der Waals surface area contributed by atoms with Gasteiger partial charge in [-0.3, -0.25) is 19.7 Å². The molecule has 132 valence electrons. The number of hydrogen-bond acceptors (Lipinski definition) is 5. The average molecular weight is 368 g/mol. The fraction of sp³-hybridized carbons (Fsp3) is 0.105. The summed E-state index contributed by atoms with van der Waals surface area (Å²) in [6.45, 7) is 1.77. The lowest BCUT2D eigenvalue weighted by atomic mass is 10.2. The second kappa shape index (κ2) is 7.88. The lowest BCUT2D eigenvalue weighted by Gasteiger charge is -2.10. The van der Waals surface area contributed by atoms with E-state index in [1.165, 1.54) is 0 Å². The second-order valence-electron chi connectivity index (χ2n) is 5.60. The smallest absolute Gasteiger partial charge is 0.290 e. The van der Waals surface area contributed by atoms with E-state index < -0.39 is 11.1 Å². The molecule has 0 saturated carbocycles. The molecule has 3 rings (SSSR count). The molecular formula is C19H16N2O4S. The molecule has 0 aliphatic carbocycles. The summed E-state index contributed by atoms with van der Waals surface area (Å²) >= 11 is 0.831. The summed E-state index contributed by atoms with van der Waals surface area (Å²) in [5.74, 6) is -0.277. The molecule has 1 aliphatic rings. The maximum absolute atomic E-state index is 12.1. The molecule has 1 fully saturated rings. The normalized spacial score (nSPS) is 15.0. The molecule has 0 radical (unpaired) electrons.